The summed E-state index contributed by atoms with van der Waals surface area (Å²) in [6.07, 6.45) is -4.63. The monoisotopic (exact) mass is 411 g/mol. The van der Waals surface area contributed by atoms with Crippen molar-refractivity contribution in [2.24, 2.45) is 0 Å². The average Bonchev–Trinajstić information content (AvgIpc) is 3.00. The zero-order chi connectivity index (χ0) is 21.2. The number of aromatic nitrogens is 2. The van der Waals surface area contributed by atoms with Crippen LogP contribution in [0.15, 0.2) is 54.6 Å². The number of benzene rings is 2. The van der Waals surface area contributed by atoms with Gasteiger partial charge in [0.2, 0.25) is 0 Å². The molecule has 0 aliphatic carbocycles. The molecule has 0 atom stereocenters. The summed E-state index contributed by atoms with van der Waals surface area (Å²) in [4.78, 5) is 12.5. The molecule has 0 bridgehead atoms. The Morgan fingerprint density at radius 1 is 1.10 bits per heavy atom. The third kappa shape index (κ3) is 4.71. The Labute approximate surface area is 161 Å². The van der Waals surface area contributed by atoms with Crippen molar-refractivity contribution < 1.29 is 31.5 Å². The van der Waals surface area contributed by atoms with E-state index < -0.39 is 24.3 Å². The van der Waals surface area contributed by atoms with Crippen LogP contribution < -0.4 is 10.1 Å². The molecular formula is C19H14F5N3O2. The number of nitrogens with zero attached hydrogens (tertiary/aromatic N) is 2. The van der Waals surface area contributed by atoms with Crippen LogP contribution in [0.25, 0.3) is 5.69 Å². The number of hydrogen-bond acceptors (Lipinski definition) is 3. The third-order valence-corrected chi connectivity index (χ3v) is 3.83. The SMILES string of the molecule is Cc1cc(NC(=O)c2cccc(OC(F)F)c2)n(-c2ccccc2C(F)(F)F)n1. The van der Waals surface area contributed by atoms with E-state index in [1.807, 2.05) is 0 Å². The van der Waals surface area contributed by atoms with Crippen LogP contribution in [0.2, 0.25) is 0 Å². The lowest BCUT2D eigenvalue weighted by Crippen LogP contribution is -2.17. The van der Waals surface area contributed by atoms with Crippen LogP contribution >= 0.6 is 0 Å². The number of hydrogen-bond donors (Lipinski definition) is 1. The molecule has 152 valence electrons. The molecule has 3 rings (SSSR count). The molecule has 1 amide bonds. The summed E-state index contributed by atoms with van der Waals surface area (Å²) in [7, 11) is 0. The van der Waals surface area contributed by atoms with Crippen LogP contribution in [0.1, 0.15) is 21.6 Å². The maximum atomic E-state index is 13.3. The molecule has 0 aliphatic heterocycles. The normalized spacial score (nSPS) is 11.6. The van der Waals surface area contributed by atoms with Crippen molar-refractivity contribution in [3.8, 4) is 11.4 Å². The van der Waals surface area contributed by atoms with Gasteiger partial charge in [0, 0.05) is 11.6 Å². The lowest BCUT2D eigenvalue weighted by molar-refractivity contribution is -0.137. The molecule has 0 spiro atoms. The minimum atomic E-state index is -4.63. The first-order chi connectivity index (χ1) is 13.6. The van der Waals surface area contributed by atoms with E-state index in [-0.39, 0.29) is 22.8 Å². The van der Waals surface area contributed by atoms with Crippen molar-refractivity contribution in [2.75, 3.05) is 5.32 Å². The lowest BCUT2D eigenvalue weighted by atomic mass is 10.1. The highest BCUT2D eigenvalue weighted by atomic mass is 19.4. The number of alkyl halides is 5. The Morgan fingerprint density at radius 3 is 2.52 bits per heavy atom. The summed E-state index contributed by atoms with van der Waals surface area (Å²) in [5.41, 5.74) is -0.839. The van der Waals surface area contributed by atoms with Gasteiger partial charge in [0.15, 0.2) is 0 Å². The molecule has 0 saturated carbocycles. The number of nitrogens with one attached hydrogen (secondary N) is 1. The maximum absolute atomic E-state index is 13.3. The number of carbonyl (C=O) groups is 1. The predicted octanol–water partition coefficient (Wildman–Crippen LogP) is 5.05. The first kappa shape index (κ1) is 20.3. The number of halogens is 5. The Balaban J connectivity index is 1.94. The maximum Gasteiger partial charge on any atom is 0.418 e. The molecule has 3 aromatic rings. The minimum absolute atomic E-state index is 0.00983. The second-order valence-corrected chi connectivity index (χ2v) is 5.96. The standard InChI is InChI=1S/C19H14F5N3O2/c1-11-9-16(25-17(28)12-5-4-6-13(10-12)29-18(20)21)27(26-11)15-8-3-2-7-14(15)19(22,23)24/h2-10,18H,1H3,(H,25,28). The van der Waals surface area contributed by atoms with Gasteiger partial charge in [-0.15, -0.1) is 0 Å². The fourth-order valence-electron chi connectivity index (χ4n) is 2.67. The van der Waals surface area contributed by atoms with Gasteiger partial charge in [-0.05, 0) is 37.3 Å². The summed E-state index contributed by atoms with van der Waals surface area (Å²) in [6.45, 7) is -1.50. The zero-order valence-electron chi connectivity index (χ0n) is 14.9. The summed E-state index contributed by atoms with van der Waals surface area (Å²) in [6, 6.07) is 11.2. The van der Waals surface area contributed by atoms with E-state index in [2.05, 4.69) is 15.2 Å². The van der Waals surface area contributed by atoms with E-state index in [1.165, 1.54) is 42.5 Å². The quantitative estimate of drug-likeness (QED) is 0.598. The highest BCUT2D eigenvalue weighted by Gasteiger charge is 2.34. The van der Waals surface area contributed by atoms with Gasteiger partial charge in [0.1, 0.15) is 11.6 Å². The Bertz CT molecular complexity index is 1030. The minimum Gasteiger partial charge on any atom is -0.435 e. The fourth-order valence-corrected chi connectivity index (χ4v) is 2.67. The number of amides is 1. The third-order valence-electron chi connectivity index (χ3n) is 3.83. The molecule has 0 saturated heterocycles. The topological polar surface area (TPSA) is 56.1 Å². The number of carbonyl (C=O) groups excluding carboxylic acids is 1. The van der Waals surface area contributed by atoms with Gasteiger partial charge in [-0.3, -0.25) is 4.79 Å². The average molecular weight is 411 g/mol. The number of para-hydroxylation sites is 1. The summed E-state index contributed by atoms with van der Waals surface area (Å²) >= 11 is 0. The van der Waals surface area contributed by atoms with Gasteiger partial charge >= 0.3 is 12.8 Å². The van der Waals surface area contributed by atoms with E-state index in [4.69, 9.17) is 0 Å². The van der Waals surface area contributed by atoms with Gasteiger partial charge in [-0.25, -0.2) is 4.68 Å². The Hall–Kier alpha value is -3.43. The molecule has 0 aliphatic rings. The number of rotatable bonds is 5. The molecule has 1 N–H and O–H groups in total. The highest BCUT2D eigenvalue weighted by molar-refractivity contribution is 6.04. The van der Waals surface area contributed by atoms with E-state index in [9.17, 15) is 26.7 Å². The summed E-state index contributed by atoms with van der Waals surface area (Å²) < 4.78 is 70.0. The molecule has 29 heavy (non-hydrogen) atoms. The van der Waals surface area contributed by atoms with Crippen molar-refractivity contribution in [1.29, 1.82) is 0 Å². The molecule has 10 heteroatoms. The second-order valence-electron chi connectivity index (χ2n) is 5.96. The van der Waals surface area contributed by atoms with Crippen LogP contribution in [0, 0.1) is 6.92 Å². The van der Waals surface area contributed by atoms with Crippen LogP contribution in [0.3, 0.4) is 0 Å². The van der Waals surface area contributed by atoms with Gasteiger partial charge in [0.25, 0.3) is 5.91 Å². The van der Waals surface area contributed by atoms with Crippen LogP contribution in [-0.4, -0.2) is 22.3 Å². The fraction of sp³-hybridized carbons (Fsp3) is 0.158. The van der Waals surface area contributed by atoms with Crippen molar-refractivity contribution in [3.63, 3.8) is 0 Å². The highest BCUT2D eigenvalue weighted by Crippen LogP contribution is 2.34. The van der Waals surface area contributed by atoms with Gasteiger partial charge < -0.3 is 10.1 Å². The van der Waals surface area contributed by atoms with Crippen molar-refractivity contribution >= 4 is 11.7 Å². The summed E-state index contributed by atoms with van der Waals surface area (Å²) in [5.74, 6) is -0.959. The largest absolute Gasteiger partial charge is 0.435 e. The second kappa shape index (κ2) is 7.90. The molecule has 1 aromatic heterocycles. The van der Waals surface area contributed by atoms with Gasteiger partial charge in [-0.1, -0.05) is 18.2 Å². The van der Waals surface area contributed by atoms with Crippen LogP contribution in [-0.2, 0) is 6.18 Å². The molecular weight excluding hydrogens is 397 g/mol. The number of aryl methyl sites for hydroxylation is 1. The Kier molecular flexibility index (Phi) is 5.53. The van der Waals surface area contributed by atoms with E-state index in [0.29, 0.717) is 5.69 Å². The van der Waals surface area contributed by atoms with Gasteiger partial charge in [-0.2, -0.15) is 27.1 Å². The van der Waals surface area contributed by atoms with Crippen LogP contribution in [0.5, 0.6) is 5.75 Å². The zero-order valence-corrected chi connectivity index (χ0v) is 14.9. The smallest absolute Gasteiger partial charge is 0.418 e. The predicted molar refractivity (Wildman–Crippen MR) is 94.3 cm³/mol. The molecule has 5 nitrogen and oxygen atoms in total. The molecule has 2 aromatic carbocycles. The summed E-state index contributed by atoms with van der Waals surface area (Å²) in [5, 5.41) is 6.49. The lowest BCUT2D eigenvalue weighted by Gasteiger charge is -2.15. The number of anilines is 1. The molecule has 0 fully saturated rings. The van der Waals surface area contributed by atoms with E-state index in [0.717, 1.165) is 16.8 Å². The first-order valence-corrected chi connectivity index (χ1v) is 8.24. The Morgan fingerprint density at radius 2 is 1.83 bits per heavy atom. The molecule has 1 heterocycles. The van der Waals surface area contributed by atoms with Crippen molar-refractivity contribution in [1.82, 2.24) is 9.78 Å². The van der Waals surface area contributed by atoms with E-state index in [1.54, 1.807) is 6.92 Å². The van der Waals surface area contributed by atoms with E-state index >= 15 is 0 Å². The molecule has 0 radical (unpaired) electrons. The number of ether oxygens (including phenoxy) is 1. The van der Waals surface area contributed by atoms with Crippen molar-refractivity contribution in [2.45, 2.75) is 19.7 Å². The van der Waals surface area contributed by atoms with Gasteiger partial charge in [0.05, 0.1) is 16.9 Å². The molecule has 0 unspecified atom stereocenters. The first-order valence-electron chi connectivity index (χ1n) is 8.24. The van der Waals surface area contributed by atoms with Crippen molar-refractivity contribution in [3.05, 3.63) is 71.4 Å². The van der Waals surface area contributed by atoms with Crippen LogP contribution in [0.4, 0.5) is 27.8 Å².